The van der Waals surface area contributed by atoms with Crippen molar-refractivity contribution in [2.24, 2.45) is 11.7 Å². The number of aromatic nitrogens is 1. The normalized spacial score (nSPS) is 20.7. The number of carbonyl (C=O) groups excluding carboxylic acids is 1. The number of carbonyl (C=O) groups is 1. The van der Waals surface area contributed by atoms with Crippen LogP contribution in [0.15, 0.2) is 40.9 Å². The molecule has 0 spiro atoms. The molecule has 1 amide bonds. The van der Waals surface area contributed by atoms with Crippen LogP contribution in [0.25, 0.3) is 0 Å². The molecule has 2 heterocycles. The van der Waals surface area contributed by atoms with Crippen LogP contribution in [-0.4, -0.2) is 35.6 Å². The third-order valence-electron chi connectivity index (χ3n) is 4.10. The third kappa shape index (κ3) is 3.15. The fraction of sp³-hybridized carbons (Fsp3) is 0.375. The molecule has 1 aliphatic heterocycles. The van der Waals surface area contributed by atoms with Gasteiger partial charge in [-0.1, -0.05) is 35.5 Å². The average Bonchev–Trinajstić information content (AvgIpc) is 3.13. The van der Waals surface area contributed by atoms with E-state index in [1.807, 2.05) is 23.1 Å². The van der Waals surface area contributed by atoms with Crippen molar-refractivity contribution in [3.63, 3.8) is 0 Å². The maximum Gasteiger partial charge on any atom is 0.292 e. The van der Waals surface area contributed by atoms with Crippen molar-refractivity contribution in [3.05, 3.63) is 53.4 Å². The number of hydrogen-bond acceptors (Lipinski definition) is 4. The van der Waals surface area contributed by atoms with E-state index >= 15 is 0 Å². The zero-order valence-electron chi connectivity index (χ0n) is 12.4. The van der Waals surface area contributed by atoms with Gasteiger partial charge in [0.2, 0.25) is 5.76 Å². The van der Waals surface area contributed by atoms with E-state index < -0.39 is 0 Å². The lowest BCUT2D eigenvalue weighted by molar-refractivity contribution is 0.0745. The summed E-state index contributed by atoms with van der Waals surface area (Å²) in [6.07, 6.45) is 0. The molecule has 0 aliphatic carbocycles. The van der Waals surface area contributed by atoms with E-state index in [4.69, 9.17) is 10.3 Å². The summed E-state index contributed by atoms with van der Waals surface area (Å²) in [7, 11) is 0. The number of nitrogens with zero attached hydrogens (tertiary/aromatic N) is 2. The minimum atomic E-state index is -0.104. The van der Waals surface area contributed by atoms with Crippen molar-refractivity contribution in [1.82, 2.24) is 10.1 Å². The largest absolute Gasteiger partial charge is 0.351 e. The molecule has 2 atom stereocenters. The molecule has 6 heteroatoms. The molecule has 2 aromatic rings. The minimum Gasteiger partial charge on any atom is -0.351 e. The van der Waals surface area contributed by atoms with Crippen molar-refractivity contribution >= 4 is 18.3 Å². The van der Waals surface area contributed by atoms with Gasteiger partial charge >= 0.3 is 0 Å². The number of aryl methyl sites for hydroxylation is 1. The van der Waals surface area contributed by atoms with Gasteiger partial charge in [0.05, 0.1) is 5.69 Å². The van der Waals surface area contributed by atoms with Crippen LogP contribution < -0.4 is 5.73 Å². The summed E-state index contributed by atoms with van der Waals surface area (Å²) < 4.78 is 5.08. The molecule has 0 unspecified atom stereocenters. The van der Waals surface area contributed by atoms with E-state index in [-0.39, 0.29) is 30.2 Å². The molecule has 22 heavy (non-hydrogen) atoms. The Morgan fingerprint density at radius 3 is 2.68 bits per heavy atom. The zero-order chi connectivity index (χ0) is 14.8. The lowest BCUT2D eigenvalue weighted by Crippen LogP contribution is -2.29. The SMILES string of the molecule is Cc1cc(C(=O)N2C[C@@H](CN)[C@H](c3ccccc3)C2)on1.Cl. The quantitative estimate of drug-likeness (QED) is 0.940. The van der Waals surface area contributed by atoms with Gasteiger partial charge in [0, 0.05) is 25.1 Å². The number of rotatable bonds is 3. The van der Waals surface area contributed by atoms with Gasteiger partial charge in [0.25, 0.3) is 5.91 Å². The van der Waals surface area contributed by atoms with Crippen LogP contribution in [0.4, 0.5) is 0 Å². The molecule has 2 N–H and O–H groups in total. The molecule has 1 aliphatic rings. The first-order valence-corrected chi connectivity index (χ1v) is 7.16. The van der Waals surface area contributed by atoms with Crippen molar-refractivity contribution in [2.45, 2.75) is 12.8 Å². The Kier molecular flexibility index (Phi) is 5.21. The number of hydrogen-bond donors (Lipinski definition) is 1. The Bertz CT molecular complexity index is 629. The molecule has 1 aromatic carbocycles. The van der Waals surface area contributed by atoms with E-state index in [0.29, 0.717) is 31.1 Å². The lowest BCUT2D eigenvalue weighted by atomic mass is 9.89. The summed E-state index contributed by atoms with van der Waals surface area (Å²) in [5, 5.41) is 3.78. The summed E-state index contributed by atoms with van der Waals surface area (Å²) >= 11 is 0. The first kappa shape index (κ1) is 16.5. The highest BCUT2D eigenvalue weighted by atomic mass is 35.5. The topological polar surface area (TPSA) is 72.4 Å². The number of likely N-dealkylation sites (tertiary alicyclic amines) is 1. The van der Waals surface area contributed by atoms with Crippen molar-refractivity contribution in [2.75, 3.05) is 19.6 Å². The predicted molar refractivity (Wildman–Crippen MR) is 86.1 cm³/mol. The van der Waals surface area contributed by atoms with Crippen LogP contribution >= 0.6 is 12.4 Å². The van der Waals surface area contributed by atoms with E-state index in [0.717, 1.165) is 0 Å². The molecule has 0 saturated carbocycles. The van der Waals surface area contributed by atoms with Gasteiger partial charge in [-0.15, -0.1) is 12.4 Å². The third-order valence-corrected chi connectivity index (χ3v) is 4.10. The van der Waals surface area contributed by atoms with Gasteiger partial charge in [-0.05, 0) is 24.9 Å². The Balaban J connectivity index is 0.00000176. The lowest BCUT2D eigenvalue weighted by Gasteiger charge is -2.16. The Morgan fingerprint density at radius 1 is 1.36 bits per heavy atom. The number of nitrogens with two attached hydrogens (primary N) is 1. The van der Waals surface area contributed by atoms with Gasteiger partial charge in [-0.3, -0.25) is 4.79 Å². The molecule has 1 fully saturated rings. The molecular formula is C16H20ClN3O2. The van der Waals surface area contributed by atoms with Crippen LogP contribution in [-0.2, 0) is 0 Å². The molecule has 0 radical (unpaired) electrons. The molecule has 5 nitrogen and oxygen atoms in total. The molecular weight excluding hydrogens is 302 g/mol. The van der Waals surface area contributed by atoms with Crippen LogP contribution in [0.1, 0.15) is 27.7 Å². The second-order valence-corrected chi connectivity index (χ2v) is 5.56. The van der Waals surface area contributed by atoms with Gasteiger partial charge < -0.3 is 15.2 Å². The van der Waals surface area contributed by atoms with Crippen molar-refractivity contribution < 1.29 is 9.32 Å². The van der Waals surface area contributed by atoms with Gasteiger partial charge in [0.15, 0.2) is 0 Å². The highest BCUT2D eigenvalue weighted by molar-refractivity contribution is 5.91. The first-order valence-electron chi connectivity index (χ1n) is 7.16. The van der Waals surface area contributed by atoms with Gasteiger partial charge in [0.1, 0.15) is 0 Å². The summed E-state index contributed by atoms with van der Waals surface area (Å²) in [4.78, 5) is 14.3. The summed E-state index contributed by atoms with van der Waals surface area (Å²) in [5.41, 5.74) is 7.84. The first-order chi connectivity index (χ1) is 10.2. The summed E-state index contributed by atoms with van der Waals surface area (Å²) in [5.74, 6) is 0.758. The zero-order valence-corrected chi connectivity index (χ0v) is 13.3. The maximum atomic E-state index is 12.4. The Labute approximate surface area is 135 Å². The second-order valence-electron chi connectivity index (χ2n) is 5.56. The molecule has 1 saturated heterocycles. The summed E-state index contributed by atoms with van der Waals surface area (Å²) in [6, 6.07) is 11.9. The standard InChI is InChI=1S/C16H19N3O2.ClH/c1-11-7-15(21-18-11)16(20)19-9-13(8-17)14(10-19)12-5-3-2-4-6-12;/h2-7,13-14H,8-10,17H2,1H3;1H/t13-,14+;/m1./s1. The molecule has 1 aromatic heterocycles. The van der Waals surface area contributed by atoms with E-state index in [2.05, 4.69) is 17.3 Å². The van der Waals surface area contributed by atoms with Crippen LogP contribution in [0.3, 0.4) is 0 Å². The van der Waals surface area contributed by atoms with Gasteiger partial charge in [-0.2, -0.15) is 0 Å². The van der Waals surface area contributed by atoms with E-state index in [1.165, 1.54) is 5.56 Å². The van der Waals surface area contributed by atoms with Crippen LogP contribution in [0, 0.1) is 12.8 Å². The highest BCUT2D eigenvalue weighted by Crippen LogP contribution is 2.32. The Hall–Kier alpha value is -1.85. The number of benzene rings is 1. The molecule has 0 bridgehead atoms. The van der Waals surface area contributed by atoms with Crippen molar-refractivity contribution in [1.29, 1.82) is 0 Å². The van der Waals surface area contributed by atoms with E-state index in [1.54, 1.807) is 13.0 Å². The van der Waals surface area contributed by atoms with Crippen molar-refractivity contribution in [3.8, 4) is 0 Å². The summed E-state index contributed by atoms with van der Waals surface area (Å²) in [6.45, 7) is 3.71. The molecule has 118 valence electrons. The maximum absolute atomic E-state index is 12.4. The fourth-order valence-electron chi connectivity index (χ4n) is 2.97. The monoisotopic (exact) mass is 321 g/mol. The van der Waals surface area contributed by atoms with Crippen LogP contribution in [0.2, 0.25) is 0 Å². The minimum absolute atomic E-state index is 0. The van der Waals surface area contributed by atoms with Gasteiger partial charge in [-0.25, -0.2) is 0 Å². The van der Waals surface area contributed by atoms with E-state index in [9.17, 15) is 4.79 Å². The smallest absolute Gasteiger partial charge is 0.292 e. The number of amides is 1. The fourth-order valence-corrected chi connectivity index (χ4v) is 2.97. The Morgan fingerprint density at radius 2 is 2.09 bits per heavy atom. The number of halogens is 1. The second kappa shape index (κ2) is 6.94. The average molecular weight is 322 g/mol. The molecule has 3 rings (SSSR count). The highest BCUT2D eigenvalue weighted by Gasteiger charge is 2.36. The predicted octanol–water partition coefficient (Wildman–Crippen LogP) is 2.22. The van der Waals surface area contributed by atoms with Crippen LogP contribution in [0.5, 0.6) is 0 Å².